The Morgan fingerprint density at radius 1 is 1.03 bits per heavy atom. The van der Waals surface area contributed by atoms with E-state index in [-0.39, 0.29) is 24.5 Å². The lowest BCUT2D eigenvalue weighted by atomic mass is 10.1. The van der Waals surface area contributed by atoms with Crippen LogP contribution in [0, 0.1) is 0 Å². The SMILES string of the molecule is CCCNC(=O)N(CC(=O)N1CCCN(c2ccc(-c3ccccc3)nn2)CC1)[C@H](C)CC. The van der Waals surface area contributed by atoms with Crippen LogP contribution in [0.5, 0.6) is 0 Å². The average Bonchev–Trinajstić information content (AvgIpc) is 3.12. The topological polar surface area (TPSA) is 81.7 Å². The Morgan fingerprint density at radius 2 is 1.82 bits per heavy atom. The minimum absolute atomic E-state index is 0.00527. The number of amides is 3. The fourth-order valence-electron chi connectivity index (χ4n) is 3.88. The first-order chi connectivity index (χ1) is 16.0. The van der Waals surface area contributed by atoms with Gasteiger partial charge in [0.1, 0.15) is 6.54 Å². The van der Waals surface area contributed by atoms with E-state index >= 15 is 0 Å². The minimum Gasteiger partial charge on any atom is -0.353 e. The van der Waals surface area contributed by atoms with Gasteiger partial charge in [0.2, 0.25) is 5.91 Å². The van der Waals surface area contributed by atoms with Crippen LogP contribution in [-0.4, -0.2) is 77.2 Å². The molecular formula is C25H36N6O2. The number of carbonyl (C=O) groups excluding carboxylic acids is 2. The van der Waals surface area contributed by atoms with E-state index in [2.05, 4.69) is 20.4 Å². The molecule has 0 bridgehead atoms. The van der Waals surface area contributed by atoms with Gasteiger partial charge in [-0.2, -0.15) is 0 Å². The molecule has 1 aromatic carbocycles. The van der Waals surface area contributed by atoms with Crippen LogP contribution in [0.25, 0.3) is 11.3 Å². The lowest BCUT2D eigenvalue weighted by Crippen LogP contribution is -2.50. The van der Waals surface area contributed by atoms with Crippen molar-refractivity contribution in [2.75, 3.05) is 44.2 Å². The third kappa shape index (κ3) is 6.66. The average molecular weight is 453 g/mol. The van der Waals surface area contributed by atoms with E-state index in [0.29, 0.717) is 26.2 Å². The number of aromatic nitrogens is 2. The van der Waals surface area contributed by atoms with Crippen molar-refractivity contribution in [2.45, 2.75) is 46.1 Å². The molecule has 33 heavy (non-hydrogen) atoms. The van der Waals surface area contributed by atoms with Crippen molar-refractivity contribution in [1.82, 2.24) is 25.3 Å². The number of urea groups is 1. The summed E-state index contributed by atoms with van der Waals surface area (Å²) in [6.07, 6.45) is 2.52. The smallest absolute Gasteiger partial charge is 0.318 e. The van der Waals surface area contributed by atoms with Gasteiger partial charge in [-0.25, -0.2) is 4.79 Å². The number of hydrogen-bond donors (Lipinski definition) is 1. The quantitative estimate of drug-likeness (QED) is 0.664. The number of nitrogens with one attached hydrogen (secondary N) is 1. The maximum atomic E-state index is 13.1. The van der Waals surface area contributed by atoms with Gasteiger partial charge in [-0.3, -0.25) is 4.79 Å². The maximum Gasteiger partial charge on any atom is 0.318 e. The van der Waals surface area contributed by atoms with E-state index in [1.165, 1.54) is 0 Å². The third-order valence-electron chi connectivity index (χ3n) is 6.11. The van der Waals surface area contributed by atoms with Crippen molar-refractivity contribution >= 4 is 17.8 Å². The molecule has 0 radical (unpaired) electrons. The number of nitrogens with zero attached hydrogens (tertiary/aromatic N) is 5. The van der Waals surface area contributed by atoms with E-state index in [0.717, 1.165) is 42.9 Å². The van der Waals surface area contributed by atoms with Gasteiger partial charge >= 0.3 is 6.03 Å². The van der Waals surface area contributed by atoms with Gasteiger partial charge in [-0.1, -0.05) is 44.2 Å². The summed E-state index contributed by atoms with van der Waals surface area (Å²) in [4.78, 5) is 31.3. The summed E-state index contributed by atoms with van der Waals surface area (Å²) in [5, 5.41) is 11.7. The van der Waals surface area contributed by atoms with Crippen LogP contribution in [0.15, 0.2) is 42.5 Å². The molecule has 1 aliphatic rings. The number of anilines is 1. The lowest BCUT2D eigenvalue weighted by Gasteiger charge is -2.31. The second-order valence-electron chi connectivity index (χ2n) is 8.48. The molecule has 3 rings (SSSR count). The molecule has 8 heteroatoms. The normalized spacial score (nSPS) is 15.0. The highest BCUT2D eigenvalue weighted by atomic mass is 16.2. The summed E-state index contributed by atoms with van der Waals surface area (Å²) >= 11 is 0. The van der Waals surface area contributed by atoms with Crippen molar-refractivity contribution in [3.05, 3.63) is 42.5 Å². The molecule has 1 aromatic heterocycles. The summed E-state index contributed by atoms with van der Waals surface area (Å²) < 4.78 is 0. The van der Waals surface area contributed by atoms with Gasteiger partial charge in [-0.05, 0) is 38.3 Å². The monoisotopic (exact) mass is 452 g/mol. The van der Waals surface area contributed by atoms with E-state index in [4.69, 9.17) is 0 Å². The number of benzene rings is 1. The summed E-state index contributed by atoms with van der Waals surface area (Å²) in [6, 6.07) is 13.8. The standard InChI is InChI=1S/C25H36N6O2/c1-4-14-26-25(33)31(20(3)5-2)19-24(32)30-16-9-15-29(17-18-30)23-13-12-22(27-28-23)21-10-7-6-8-11-21/h6-8,10-13,20H,4-5,9,14-19H2,1-3H3,(H,26,33)/t20-/m1/s1. The van der Waals surface area contributed by atoms with Gasteiger partial charge in [0.15, 0.2) is 5.82 Å². The Hall–Kier alpha value is -3.16. The van der Waals surface area contributed by atoms with Crippen LogP contribution in [0.4, 0.5) is 10.6 Å². The lowest BCUT2D eigenvalue weighted by molar-refractivity contribution is -0.132. The van der Waals surface area contributed by atoms with Gasteiger partial charge in [-0.15, -0.1) is 10.2 Å². The highest BCUT2D eigenvalue weighted by Crippen LogP contribution is 2.19. The van der Waals surface area contributed by atoms with E-state index in [1.54, 1.807) is 4.90 Å². The Bertz CT molecular complexity index is 890. The second kappa shape index (κ2) is 12.2. The molecule has 0 saturated carbocycles. The molecule has 1 aliphatic heterocycles. The molecule has 1 atom stereocenters. The predicted octanol–water partition coefficient (Wildman–Crippen LogP) is 3.40. The van der Waals surface area contributed by atoms with Crippen LogP contribution in [0.1, 0.15) is 40.0 Å². The van der Waals surface area contributed by atoms with Crippen LogP contribution in [0.3, 0.4) is 0 Å². The zero-order valence-corrected chi connectivity index (χ0v) is 20.0. The van der Waals surface area contributed by atoms with Crippen molar-refractivity contribution in [1.29, 1.82) is 0 Å². The van der Waals surface area contributed by atoms with E-state index < -0.39 is 0 Å². The maximum absolute atomic E-state index is 13.1. The molecule has 8 nitrogen and oxygen atoms in total. The van der Waals surface area contributed by atoms with Crippen molar-refractivity contribution < 1.29 is 9.59 Å². The van der Waals surface area contributed by atoms with Crippen molar-refractivity contribution in [2.24, 2.45) is 0 Å². The highest BCUT2D eigenvalue weighted by Gasteiger charge is 2.26. The molecule has 3 amide bonds. The Labute approximate surface area is 197 Å². The van der Waals surface area contributed by atoms with Gasteiger partial charge < -0.3 is 20.0 Å². The molecule has 1 N–H and O–H groups in total. The zero-order valence-electron chi connectivity index (χ0n) is 20.0. The van der Waals surface area contributed by atoms with Crippen molar-refractivity contribution in [3.8, 4) is 11.3 Å². The van der Waals surface area contributed by atoms with E-state index in [1.807, 2.05) is 68.1 Å². The van der Waals surface area contributed by atoms with Crippen LogP contribution < -0.4 is 10.2 Å². The molecule has 0 spiro atoms. The summed E-state index contributed by atoms with van der Waals surface area (Å²) in [5.41, 5.74) is 1.88. The largest absolute Gasteiger partial charge is 0.353 e. The second-order valence-corrected chi connectivity index (χ2v) is 8.48. The molecule has 2 aromatic rings. The van der Waals surface area contributed by atoms with Gasteiger partial charge in [0, 0.05) is 44.3 Å². The summed E-state index contributed by atoms with van der Waals surface area (Å²) in [5.74, 6) is 0.818. The molecule has 2 heterocycles. The number of carbonyl (C=O) groups is 2. The summed E-state index contributed by atoms with van der Waals surface area (Å²) in [7, 11) is 0. The Kier molecular flexibility index (Phi) is 9.04. The Morgan fingerprint density at radius 3 is 2.48 bits per heavy atom. The predicted molar refractivity (Wildman–Crippen MR) is 131 cm³/mol. The first kappa shape index (κ1) is 24.5. The number of hydrogen-bond acceptors (Lipinski definition) is 5. The first-order valence-corrected chi connectivity index (χ1v) is 12.0. The van der Waals surface area contributed by atoms with Crippen LogP contribution >= 0.6 is 0 Å². The highest BCUT2D eigenvalue weighted by molar-refractivity contribution is 5.84. The summed E-state index contributed by atoms with van der Waals surface area (Å²) in [6.45, 7) is 9.54. The van der Waals surface area contributed by atoms with Crippen LogP contribution in [0.2, 0.25) is 0 Å². The number of rotatable bonds is 8. The van der Waals surface area contributed by atoms with Gasteiger partial charge in [0.05, 0.1) is 5.69 Å². The minimum atomic E-state index is -0.162. The van der Waals surface area contributed by atoms with Crippen molar-refractivity contribution in [3.63, 3.8) is 0 Å². The fraction of sp³-hybridized carbons (Fsp3) is 0.520. The molecule has 0 unspecified atom stereocenters. The molecule has 1 saturated heterocycles. The third-order valence-corrected chi connectivity index (χ3v) is 6.11. The van der Waals surface area contributed by atoms with Gasteiger partial charge in [0.25, 0.3) is 0 Å². The molecular weight excluding hydrogens is 416 g/mol. The Balaban J connectivity index is 1.59. The first-order valence-electron chi connectivity index (χ1n) is 12.0. The molecule has 0 aliphatic carbocycles. The van der Waals surface area contributed by atoms with E-state index in [9.17, 15) is 9.59 Å². The fourth-order valence-corrected chi connectivity index (χ4v) is 3.88. The molecule has 178 valence electrons. The zero-order chi connectivity index (χ0) is 23.6. The van der Waals surface area contributed by atoms with Crippen LogP contribution in [-0.2, 0) is 4.79 Å². The molecule has 1 fully saturated rings.